The van der Waals surface area contributed by atoms with Crippen molar-refractivity contribution in [3.05, 3.63) is 74.6 Å². The van der Waals surface area contributed by atoms with Gasteiger partial charge in [0.15, 0.2) is 0 Å². The molecular formula is C21H13Cl4N7O6S2. The summed E-state index contributed by atoms with van der Waals surface area (Å²) in [6.07, 6.45) is 2.46. The smallest absolute Gasteiger partial charge is 0.295 e. The lowest BCUT2D eigenvalue weighted by Gasteiger charge is -2.11. The highest BCUT2D eigenvalue weighted by Crippen LogP contribution is 2.28. The van der Waals surface area contributed by atoms with Gasteiger partial charge in [0.2, 0.25) is 21.8 Å². The number of halogens is 4. The average Bonchev–Trinajstić information content (AvgIpc) is 2.81. The number of benzene rings is 2. The standard InChI is InChI=1S/C21H13Cl4N7O6S2/c22-16-9-17(29-18(23)28-16)26-12-5-3-10(14(7-12)39(33,34)35)1-2-11-4-6-13(8-15(11)40(36,37)38)27-21-31-19(24)30-20(25)32-21/h1-9H,(H,26,28,29)(H,33,34,35)(H,36,37,38)(H,27,30,31,32). The summed E-state index contributed by atoms with van der Waals surface area (Å²) in [4.78, 5) is 17.8. The van der Waals surface area contributed by atoms with Crippen LogP contribution in [0.4, 0.5) is 23.1 Å². The number of rotatable bonds is 8. The predicted molar refractivity (Wildman–Crippen MR) is 150 cm³/mol. The zero-order valence-electron chi connectivity index (χ0n) is 19.3. The van der Waals surface area contributed by atoms with E-state index in [1.54, 1.807) is 0 Å². The molecule has 208 valence electrons. The Balaban J connectivity index is 1.69. The summed E-state index contributed by atoms with van der Waals surface area (Å²) in [5, 5.41) is 4.94. The van der Waals surface area contributed by atoms with Crippen LogP contribution in [0.3, 0.4) is 0 Å². The summed E-state index contributed by atoms with van der Waals surface area (Å²) in [6.45, 7) is 0. The highest BCUT2D eigenvalue weighted by atomic mass is 35.5. The molecule has 0 atom stereocenters. The number of hydrogen-bond donors (Lipinski definition) is 4. The molecule has 13 nitrogen and oxygen atoms in total. The van der Waals surface area contributed by atoms with Crippen LogP contribution in [-0.4, -0.2) is 50.9 Å². The van der Waals surface area contributed by atoms with E-state index in [1.165, 1.54) is 42.5 Å². The Hall–Kier alpha value is -3.15. The summed E-state index contributed by atoms with van der Waals surface area (Å²) in [5.74, 6) is 0.0652. The van der Waals surface area contributed by atoms with E-state index in [0.29, 0.717) is 0 Å². The Morgan fingerprint density at radius 2 is 1.10 bits per heavy atom. The van der Waals surface area contributed by atoms with Crippen LogP contribution in [0.1, 0.15) is 11.1 Å². The predicted octanol–water partition coefficient (Wildman–Crippen LogP) is 5.43. The maximum Gasteiger partial charge on any atom is 0.295 e. The Bertz CT molecular complexity index is 1700. The fraction of sp³-hybridized carbons (Fsp3) is 0. The number of hydrogen-bond acceptors (Lipinski definition) is 11. The first-order valence-electron chi connectivity index (χ1n) is 10.4. The summed E-state index contributed by atoms with van der Waals surface area (Å²) < 4.78 is 68.1. The van der Waals surface area contributed by atoms with Crippen molar-refractivity contribution in [1.82, 2.24) is 24.9 Å². The quantitative estimate of drug-likeness (QED) is 0.0806. The second-order valence-corrected chi connectivity index (χ2v) is 11.8. The van der Waals surface area contributed by atoms with Crippen molar-refractivity contribution in [3.8, 4) is 0 Å². The van der Waals surface area contributed by atoms with E-state index in [0.717, 1.165) is 12.1 Å². The molecule has 4 N–H and O–H groups in total. The van der Waals surface area contributed by atoms with Crippen LogP contribution in [0, 0.1) is 0 Å². The van der Waals surface area contributed by atoms with Gasteiger partial charge in [-0.15, -0.1) is 0 Å². The van der Waals surface area contributed by atoms with Gasteiger partial charge < -0.3 is 10.6 Å². The largest absolute Gasteiger partial charge is 0.340 e. The van der Waals surface area contributed by atoms with E-state index in [4.69, 9.17) is 46.4 Å². The van der Waals surface area contributed by atoms with E-state index in [1.807, 2.05) is 0 Å². The van der Waals surface area contributed by atoms with Crippen molar-refractivity contribution in [2.45, 2.75) is 9.79 Å². The van der Waals surface area contributed by atoms with Crippen LogP contribution in [0.25, 0.3) is 12.2 Å². The lowest BCUT2D eigenvalue weighted by molar-refractivity contribution is 0.480. The molecule has 2 aromatic carbocycles. The van der Waals surface area contributed by atoms with E-state index in [-0.39, 0.29) is 55.3 Å². The normalized spacial score (nSPS) is 12.1. The van der Waals surface area contributed by atoms with Crippen molar-refractivity contribution in [2.75, 3.05) is 10.6 Å². The Morgan fingerprint density at radius 3 is 1.57 bits per heavy atom. The Labute approximate surface area is 246 Å². The molecule has 19 heteroatoms. The van der Waals surface area contributed by atoms with Crippen molar-refractivity contribution < 1.29 is 25.9 Å². The van der Waals surface area contributed by atoms with Gasteiger partial charge in [0.05, 0.1) is 0 Å². The summed E-state index contributed by atoms with van der Waals surface area (Å²) in [5.41, 5.74) is 0.309. The van der Waals surface area contributed by atoms with Crippen LogP contribution in [0.15, 0.2) is 52.3 Å². The zero-order valence-corrected chi connectivity index (χ0v) is 23.9. The molecule has 2 heterocycles. The maximum atomic E-state index is 12.1. The molecule has 4 rings (SSSR count). The molecule has 0 unspecified atom stereocenters. The average molecular weight is 665 g/mol. The number of nitrogens with zero attached hydrogens (tertiary/aromatic N) is 5. The molecule has 0 aliphatic heterocycles. The van der Waals surface area contributed by atoms with Gasteiger partial charge >= 0.3 is 0 Å². The highest BCUT2D eigenvalue weighted by Gasteiger charge is 2.18. The first-order valence-corrected chi connectivity index (χ1v) is 14.8. The van der Waals surface area contributed by atoms with Crippen molar-refractivity contribution in [3.63, 3.8) is 0 Å². The molecule has 0 amide bonds. The van der Waals surface area contributed by atoms with Gasteiger partial charge in [-0.2, -0.15) is 31.8 Å². The minimum absolute atomic E-state index is 0.00948. The lowest BCUT2D eigenvalue weighted by Crippen LogP contribution is -2.04. The monoisotopic (exact) mass is 663 g/mol. The summed E-state index contributed by atoms with van der Waals surface area (Å²) >= 11 is 23.1. The summed E-state index contributed by atoms with van der Waals surface area (Å²) in [6, 6.07) is 9.07. The first-order chi connectivity index (χ1) is 18.7. The van der Waals surface area contributed by atoms with Crippen molar-refractivity contribution >= 4 is 102 Å². The van der Waals surface area contributed by atoms with Crippen LogP contribution < -0.4 is 10.6 Å². The topological polar surface area (TPSA) is 197 Å². The minimum Gasteiger partial charge on any atom is -0.340 e. The summed E-state index contributed by atoms with van der Waals surface area (Å²) in [7, 11) is -9.51. The number of aromatic nitrogens is 5. The van der Waals surface area contributed by atoms with Gasteiger partial charge in [-0.25, -0.2) is 9.97 Å². The Morgan fingerprint density at radius 1 is 0.625 bits per heavy atom. The van der Waals surface area contributed by atoms with Gasteiger partial charge in [0, 0.05) is 17.4 Å². The molecule has 2 aromatic heterocycles. The molecule has 0 fully saturated rings. The van der Waals surface area contributed by atoms with Crippen LogP contribution >= 0.6 is 46.4 Å². The third-order valence-corrected chi connectivity index (χ3v) is 7.32. The second kappa shape index (κ2) is 11.8. The van der Waals surface area contributed by atoms with Crippen LogP contribution in [-0.2, 0) is 20.2 Å². The molecule has 0 bridgehead atoms. The van der Waals surface area contributed by atoms with Crippen LogP contribution in [0.2, 0.25) is 21.0 Å². The molecule has 0 saturated carbocycles. The second-order valence-electron chi connectivity index (χ2n) is 7.58. The van der Waals surface area contributed by atoms with Gasteiger partial charge in [0.1, 0.15) is 20.8 Å². The minimum atomic E-state index is -4.76. The molecule has 0 spiro atoms. The van der Waals surface area contributed by atoms with Crippen molar-refractivity contribution in [2.24, 2.45) is 0 Å². The van der Waals surface area contributed by atoms with Crippen LogP contribution in [0.5, 0.6) is 0 Å². The third-order valence-electron chi connectivity index (χ3n) is 4.80. The fourth-order valence-corrected chi connectivity index (χ4v) is 5.43. The van der Waals surface area contributed by atoms with E-state index < -0.39 is 30.0 Å². The molecular weight excluding hydrogens is 652 g/mol. The highest BCUT2D eigenvalue weighted by molar-refractivity contribution is 7.86. The molecule has 0 saturated heterocycles. The fourth-order valence-electron chi connectivity index (χ4n) is 3.24. The zero-order chi connectivity index (χ0) is 29.2. The number of nitrogens with one attached hydrogen (secondary N) is 2. The Kier molecular flexibility index (Phi) is 8.77. The van der Waals surface area contributed by atoms with Gasteiger partial charge in [0.25, 0.3) is 20.2 Å². The molecule has 40 heavy (non-hydrogen) atoms. The molecule has 0 aliphatic carbocycles. The van der Waals surface area contributed by atoms with E-state index in [2.05, 4.69) is 35.6 Å². The van der Waals surface area contributed by atoms with Crippen molar-refractivity contribution in [1.29, 1.82) is 0 Å². The van der Waals surface area contributed by atoms with Gasteiger partial charge in [-0.05, 0) is 70.2 Å². The SMILES string of the molecule is O=S(=O)(O)c1cc(Nc2cc(Cl)nc(Cl)n2)ccc1C=Cc1ccc(Nc2nc(Cl)nc(Cl)n2)cc1S(=O)(=O)O. The third kappa shape index (κ3) is 7.74. The first kappa shape index (κ1) is 29.8. The van der Waals surface area contributed by atoms with E-state index >= 15 is 0 Å². The van der Waals surface area contributed by atoms with Gasteiger partial charge in [-0.3, -0.25) is 9.11 Å². The molecule has 0 aliphatic rings. The molecule has 0 radical (unpaired) electrons. The number of anilines is 4. The van der Waals surface area contributed by atoms with E-state index in [9.17, 15) is 25.9 Å². The molecule has 4 aromatic rings. The lowest BCUT2D eigenvalue weighted by atomic mass is 10.1. The maximum absolute atomic E-state index is 12.1. The van der Waals surface area contributed by atoms with Gasteiger partial charge in [-0.1, -0.05) is 35.9 Å².